The summed E-state index contributed by atoms with van der Waals surface area (Å²) in [5, 5.41) is 18.2. The van der Waals surface area contributed by atoms with E-state index in [1.165, 1.54) is 0 Å². The monoisotopic (exact) mass is 320 g/mol. The van der Waals surface area contributed by atoms with Crippen LogP contribution in [-0.4, -0.2) is 17.2 Å². The number of halogens is 1. The molecule has 0 unspecified atom stereocenters. The Kier molecular flexibility index (Phi) is 5.16. The van der Waals surface area contributed by atoms with Crippen molar-refractivity contribution in [2.24, 2.45) is 0 Å². The highest BCUT2D eigenvalue weighted by Gasteiger charge is 2.10. The minimum absolute atomic E-state index is 0.441. The lowest BCUT2D eigenvalue weighted by molar-refractivity contribution is 0.107. The molecule has 0 aromatic heterocycles. The van der Waals surface area contributed by atoms with Gasteiger partial charge in [-0.15, -0.1) is 0 Å². The summed E-state index contributed by atoms with van der Waals surface area (Å²) >= 11 is 3.38. The van der Waals surface area contributed by atoms with Crippen molar-refractivity contribution in [1.29, 1.82) is 0 Å². The predicted octanol–water partition coefficient (Wildman–Crippen LogP) is 1.85. The number of rotatable bonds is 5. The molecule has 2 N–H and O–H groups in total. The third-order valence-corrected chi connectivity index (χ3v) is 3.23. The molecule has 2 aromatic carbocycles. The van der Waals surface area contributed by atoms with Gasteiger partial charge < -0.3 is 14.8 Å². The fourth-order valence-electron chi connectivity index (χ4n) is 1.71. The van der Waals surface area contributed by atoms with Crippen molar-refractivity contribution in [2.75, 3.05) is 0 Å². The van der Waals surface area contributed by atoms with E-state index in [1.807, 2.05) is 30.3 Å². The maximum Gasteiger partial charge on any atom is 0.488 e. The van der Waals surface area contributed by atoms with Crippen LogP contribution in [-0.2, 0) is 18.0 Å². The van der Waals surface area contributed by atoms with E-state index >= 15 is 0 Å². The normalized spacial score (nSPS) is 10.5. The van der Waals surface area contributed by atoms with Crippen molar-refractivity contribution in [2.45, 2.75) is 13.2 Å². The third kappa shape index (κ3) is 4.47. The number of hydrogen-bond donors (Lipinski definition) is 2. The molecular formula is C14H14BBrO3. The van der Waals surface area contributed by atoms with E-state index in [1.54, 1.807) is 18.2 Å². The molecule has 0 amide bonds. The molecule has 0 saturated carbocycles. The molecule has 0 radical (unpaired) electrons. The highest BCUT2D eigenvalue weighted by atomic mass is 79.9. The van der Waals surface area contributed by atoms with Gasteiger partial charge in [0.25, 0.3) is 0 Å². The molecule has 0 heterocycles. The largest absolute Gasteiger partial charge is 0.488 e. The van der Waals surface area contributed by atoms with E-state index in [9.17, 15) is 0 Å². The Bertz CT molecular complexity index is 528. The van der Waals surface area contributed by atoms with Gasteiger partial charge in [-0.25, -0.2) is 0 Å². The fourth-order valence-corrected chi connectivity index (χ4v) is 1.98. The summed E-state index contributed by atoms with van der Waals surface area (Å²) in [5.74, 6) is 0. The second kappa shape index (κ2) is 6.87. The summed E-state index contributed by atoms with van der Waals surface area (Å²) in [6, 6.07) is 15.0. The SMILES string of the molecule is OB(O)c1cccc(COCc2ccc(Br)cc2)c1. The minimum atomic E-state index is -1.44. The van der Waals surface area contributed by atoms with Gasteiger partial charge in [0.15, 0.2) is 0 Å². The van der Waals surface area contributed by atoms with E-state index in [4.69, 9.17) is 14.8 Å². The summed E-state index contributed by atoms with van der Waals surface area (Å²) in [6.07, 6.45) is 0. The summed E-state index contributed by atoms with van der Waals surface area (Å²) in [7, 11) is -1.44. The van der Waals surface area contributed by atoms with Gasteiger partial charge in [-0.05, 0) is 28.7 Å². The molecule has 0 saturated heterocycles. The Hall–Kier alpha value is -1.14. The van der Waals surface area contributed by atoms with Gasteiger partial charge in [0.2, 0.25) is 0 Å². The summed E-state index contributed by atoms with van der Waals surface area (Å²) in [4.78, 5) is 0. The number of hydrogen-bond acceptors (Lipinski definition) is 3. The minimum Gasteiger partial charge on any atom is -0.423 e. The first-order valence-corrected chi connectivity index (χ1v) is 6.71. The van der Waals surface area contributed by atoms with Gasteiger partial charge >= 0.3 is 7.12 Å². The second-order valence-corrected chi connectivity index (χ2v) is 5.15. The zero-order valence-electron chi connectivity index (χ0n) is 10.3. The van der Waals surface area contributed by atoms with Crippen molar-refractivity contribution < 1.29 is 14.8 Å². The first-order valence-electron chi connectivity index (χ1n) is 5.92. The Morgan fingerprint density at radius 3 is 2.32 bits per heavy atom. The van der Waals surface area contributed by atoms with Crippen LogP contribution in [0, 0.1) is 0 Å². The molecule has 0 spiro atoms. The summed E-state index contributed by atoms with van der Waals surface area (Å²) in [6.45, 7) is 0.968. The molecule has 2 aromatic rings. The molecular weight excluding hydrogens is 307 g/mol. The van der Waals surface area contributed by atoms with E-state index in [-0.39, 0.29) is 0 Å². The predicted molar refractivity (Wildman–Crippen MR) is 78.9 cm³/mol. The van der Waals surface area contributed by atoms with Gasteiger partial charge in [0.05, 0.1) is 13.2 Å². The summed E-state index contributed by atoms with van der Waals surface area (Å²) < 4.78 is 6.64. The van der Waals surface area contributed by atoms with Crippen molar-refractivity contribution in [3.05, 3.63) is 64.1 Å². The first kappa shape index (κ1) is 14.3. The molecule has 19 heavy (non-hydrogen) atoms. The van der Waals surface area contributed by atoms with Crippen LogP contribution in [0.2, 0.25) is 0 Å². The Morgan fingerprint density at radius 2 is 1.63 bits per heavy atom. The zero-order valence-corrected chi connectivity index (χ0v) is 11.9. The highest BCUT2D eigenvalue weighted by molar-refractivity contribution is 9.10. The quantitative estimate of drug-likeness (QED) is 0.827. The maximum absolute atomic E-state index is 9.09. The average Bonchev–Trinajstić information content (AvgIpc) is 2.41. The van der Waals surface area contributed by atoms with Gasteiger partial charge in [0.1, 0.15) is 0 Å². The second-order valence-electron chi connectivity index (χ2n) is 4.24. The molecule has 0 aliphatic heterocycles. The molecule has 3 nitrogen and oxygen atoms in total. The van der Waals surface area contributed by atoms with E-state index in [0.717, 1.165) is 15.6 Å². The van der Waals surface area contributed by atoms with Crippen molar-refractivity contribution in [3.63, 3.8) is 0 Å². The van der Waals surface area contributed by atoms with Gasteiger partial charge in [-0.1, -0.05) is 52.3 Å². The lowest BCUT2D eigenvalue weighted by Gasteiger charge is -2.06. The average molecular weight is 321 g/mol. The molecule has 0 bridgehead atoms. The topological polar surface area (TPSA) is 49.7 Å². The lowest BCUT2D eigenvalue weighted by Crippen LogP contribution is -2.29. The van der Waals surface area contributed by atoms with Gasteiger partial charge in [-0.2, -0.15) is 0 Å². The van der Waals surface area contributed by atoms with Crippen LogP contribution in [0.5, 0.6) is 0 Å². The standard InChI is InChI=1S/C14H14BBrO3/c16-14-6-4-11(5-7-14)9-19-10-12-2-1-3-13(8-12)15(17)18/h1-8,17-18H,9-10H2. The van der Waals surface area contributed by atoms with Crippen LogP contribution in [0.3, 0.4) is 0 Å². The third-order valence-electron chi connectivity index (χ3n) is 2.70. The maximum atomic E-state index is 9.09. The Morgan fingerprint density at radius 1 is 0.947 bits per heavy atom. The zero-order chi connectivity index (χ0) is 13.7. The van der Waals surface area contributed by atoms with E-state index in [2.05, 4.69) is 15.9 Å². The number of ether oxygens (including phenoxy) is 1. The molecule has 0 aliphatic rings. The smallest absolute Gasteiger partial charge is 0.423 e. The summed E-state index contributed by atoms with van der Waals surface area (Å²) in [5.41, 5.74) is 2.49. The Balaban J connectivity index is 1.88. The lowest BCUT2D eigenvalue weighted by atomic mass is 9.80. The van der Waals surface area contributed by atoms with Crippen molar-refractivity contribution >= 4 is 28.5 Å². The van der Waals surface area contributed by atoms with Crippen molar-refractivity contribution in [3.8, 4) is 0 Å². The molecule has 98 valence electrons. The molecule has 5 heteroatoms. The molecule has 0 atom stereocenters. The Labute approximate surface area is 121 Å². The van der Waals surface area contributed by atoms with Crippen LogP contribution < -0.4 is 5.46 Å². The van der Waals surface area contributed by atoms with Crippen LogP contribution in [0.4, 0.5) is 0 Å². The fraction of sp³-hybridized carbons (Fsp3) is 0.143. The van der Waals surface area contributed by atoms with Crippen LogP contribution >= 0.6 is 15.9 Å². The van der Waals surface area contributed by atoms with Crippen LogP contribution in [0.25, 0.3) is 0 Å². The van der Waals surface area contributed by atoms with Crippen LogP contribution in [0.15, 0.2) is 53.0 Å². The van der Waals surface area contributed by atoms with E-state index in [0.29, 0.717) is 18.7 Å². The highest BCUT2D eigenvalue weighted by Crippen LogP contribution is 2.12. The number of benzene rings is 2. The first-order chi connectivity index (χ1) is 9.15. The molecule has 0 fully saturated rings. The van der Waals surface area contributed by atoms with E-state index < -0.39 is 7.12 Å². The van der Waals surface area contributed by atoms with Crippen LogP contribution in [0.1, 0.15) is 11.1 Å². The molecule has 0 aliphatic carbocycles. The van der Waals surface area contributed by atoms with Gasteiger partial charge in [0, 0.05) is 4.47 Å². The van der Waals surface area contributed by atoms with Crippen molar-refractivity contribution in [1.82, 2.24) is 0 Å². The van der Waals surface area contributed by atoms with Gasteiger partial charge in [-0.3, -0.25) is 0 Å². The molecule has 2 rings (SSSR count).